The first-order chi connectivity index (χ1) is 10.0. The quantitative estimate of drug-likeness (QED) is 0.560. The molecule has 1 aliphatic heterocycles. The fourth-order valence-corrected chi connectivity index (χ4v) is 4.42. The molecular formula is C15H12Cl2NPS2. The smallest absolute Gasteiger partial charge is 0.140 e. The Labute approximate surface area is 143 Å². The van der Waals surface area contributed by atoms with E-state index in [-0.39, 0.29) is 0 Å². The van der Waals surface area contributed by atoms with Crippen molar-refractivity contribution < 1.29 is 0 Å². The summed E-state index contributed by atoms with van der Waals surface area (Å²) in [5.74, 6) is 1.75. The molecule has 1 nitrogen and oxygen atoms in total. The van der Waals surface area contributed by atoms with Crippen LogP contribution in [0.1, 0.15) is 0 Å². The Balaban J connectivity index is 1.99. The molecule has 6 heteroatoms. The molecule has 0 aromatic heterocycles. The molecule has 2 aromatic rings. The van der Waals surface area contributed by atoms with E-state index in [2.05, 4.69) is 53.4 Å². The van der Waals surface area contributed by atoms with Crippen LogP contribution in [0.2, 0.25) is 0 Å². The van der Waals surface area contributed by atoms with Crippen molar-refractivity contribution in [2.75, 3.05) is 11.4 Å². The summed E-state index contributed by atoms with van der Waals surface area (Å²) < 4.78 is -2.34. The van der Waals surface area contributed by atoms with E-state index in [0.29, 0.717) is 6.54 Å². The van der Waals surface area contributed by atoms with E-state index in [1.54, 1.807) is 17.6 Å². The normalized spacial score (nSPS) is 14.1. The lowest BCUT2D eigenvalue weighted by Crippen LogP contribution is -2.20. The molecule has 1 aliphatic rings. The van der Waals surface area contributed by atoms with Crippen LogP contribution in [-0.2, 0) is 11.8 Å². The average molecular weight is 372 g/mol. The number of para-hydroxylation sites is 2. The minimum Gasteiger partial charge on any atom is -0.336 e. The summed E-state index contributed by atoms with van der Waals surface area (Å²) in [7, 11) is 0. The van der Waals surface area contributed by atoms with Gasteiger partial charge in [0.2, 0.25) is 0 Å². The summed E-state index contributed by atoms with van der Waals surface area (Å²) in [6, 6.07) is 16.8. The molecule has 21 heavy (non-hydrogen) atoms. The predicted molar refractivity (Wildman–Crippen MR) is 99.1 cm³/mol. The van der Waals surface area contributed by atoms with Gasteiger partial charge >= 0.3 is 0 Å². The summed E-state index contributed by atoms with van der Waals surface area (Å²) in [4.78, 5) is 4.76. The van der Waals surface area contributed by atoms with Gasteiger partial charge in [0.25, 0.3) is 0 Å². The second-order valence-electron chi connectivity index (χ2n) is 4.54. The monoisotopic (exact) mass is 371 g/mol. The standard InChI is InChI=1S/C15H12Cl2NPS2/c16-19(17,20)11-5-10-18-12-6-1-3-8-14(12)21-15-9-4-2-7-13(15)18/h1-9,11H,10H2. The highest BCUT2D eigenvalue weighted by Gasteiger charge is 2.21. The molecule has 0 unspecified atom stereocenters. The minimum atomic E-state index is -2.34. The second kappa shape index (κ2) is 6.36. The largest absolute Gasteiger partial charge is 0.336 e. The fourth-order valence-electron chi connectivity index (χ4n) is 2.25. The van der Waals surface area contributed by atoms with Gasteiger partial charge in [0.05, 0.1) is 11.4 Å². The van der Waals surface area contributed by atoms with Crippen LogP contribution in [-0.4, -0.2) is 6.54 Å². The van der Waals surface area contributed by atoms with Gasteiger partial charge in [-0.25, -0.2) is 0 Å². The van der Waals surface area contributed by atoms with Gasteiger partial charge in [-0.15, -0.1) is 0 Å². The van der Waals surface area contributed by atoms with Crippen LogP contribution in [0.15, 0.2) is 70.2 Å². The van der Waals surface area contributed by atoms with Crippen LogP contribution in [0, 0.1) is 0 Å². The molecule has 3 rings (SSSR count). The van der Waals surface area contributed by atoms with Crippen molar-refractivity contribution in [1.29, 1.82) is 0 Å². The Morgan fingerprint density at radius 1 is 1.00 bits per heavy atom. The van der Waals surface area contributed by atoms with Gasteiger partial charge in [-0.2, -0.15) is 0 Å². The predicted octanol–water partition coefficient (Wildman–Crippen LogP) is 6.59. The van der Waals surface area contributed by atoms with Crippen molar-refractivity contribution in [2.45, 2.75) is 9.79 Å². The van der Waals surface area contributed by atoms with Gasteiger partial charge in [-0.05, 0) is 30.1 Å². The van der Waals surface area contributed by atoms with Crippen LogP contribution in [0.4, 0.5) is 11.4 Å². The molecule has 1 heterocycles. The summed E-state index contributed by atoms with van der Waals surface area (Å²) in [6.45, 7) is 0.701. The van der Waals surface area contributed by atoms with E-state index in [1.807, 2.05) is 6.08 Å². The van der Waals surface area contributed by atoms with E-state index in [9.17, 15) is 0 Å². The lowest BCUT2D eigenvalue weighted by atomic mass is 10.2. The second-order valence-corrected chi connectivity index (χ2v) is 13.6. The van der Waals surface area contributed by atoms with Crippen LogP contribution in [0.3, 0.4) is 0 Å². The topological polar surface area (TPSA) is 3.24 Å². The van der Waals surface area contributed by atoms with Crippen LogP contribution in [0.25, 0.3) is 0 Å². The Hall–Kier alpha value is -0.440. The third-order valence-electron chi connectivity index (χ3n) is 3.10. The van der Waals surface area contributed by atoms with E-state index in [0.717, 1.165) is 0 Å². The zero-order valence-electron chi connectivity index (χ0n) is 10.9. The summed E-state index contributed by atoms with van der Waals surface area (Å²) in [5, 5.41) is 0. The van der Waals surface area contributed by atoms with Crippen molar-refractivity contribution in [3.63, 3.8) is 0 Å². The van der Waals surface area contributed by atoms with Crippen molar-refractivity contribution in [3.05, 3.63) is 60.4 Å². The summed E-state index contributed by atoms with van der Waals surface area (Å²) in [6.07, 6.45) is 1.96. The zero-order valence-corrected chi connectivity index (χ0v) is 15.0. The lowest BCUT2D eigenvalue weighted by Gasteiger charge is -2.31. The molecule has 0 radical (unpaired) electrons. The Kier molecular flexibility index (Phi) is 4.68. The first kappa shape index (κ1) is 15.5. The first-order valence-electron chi connectivity index (χ1n) is 6.35. The number of anilines is 2. The third kappa shape index (κ3) is 3.67. The van der Waals surface area contributed by atoms with Gasteiger partial charge in [0.15, 0.2) is 0 Å². The average Bonchev–Trinajstić information content (AvgIpc) is 2.45. The fraction of sp³-hybridized carbons (Fsp3) is 0.0667. The maximum Gasteiger partial charge on any atom is 0.140 e. The SMILES string of the molecule is S=P(Cl)(Cl)C=CCN1c2ccccc2Sc2ccccc21. The molecular weight excluding hydrogens is 360 g/mol. The molecule has 0 fully saturated rings. The zero-order chi connectivity index (χ0) is 14.9. The van der Waals surface area contributed by atoms with E-state index in [4.69, 9.17) is 34.3 Å². The Bertz CT molecular complexity index is 696. The van der Waals surface area contributed by atoms with Crippen LogP contribution >= 0.6 is 39.0 Å². The molecule has 0 saturated carbocycles. The Morgan fingerprint density at radius 3 is 2.05 bits per heavy atom. The molecule has 0 atom stereocenters. The van der Waals surface area contributed by atoms with Crippen molar-refractivity contribution >= 4 is 62.2 Å². The van der Waals surface area contributed by atoms with Gasteiger partial charge in [0.1, 0.15) is 4.74 Å². The molecule has 0 bridgehead atoms. The van der Waals surface area contributed by atoms with Crippen molar-refractivity contribution in [3.8, 4) is 0 Å². The van der Waals surface area contributed by atoms with Gasteiger partial charge < -0.3 is 4.90 Å². The summed E-state index contributed by atoms with van der Waals surface area (Å²) in [5.41, 5.74) is 2.39. The number of hydrogen-bond acceptors (Lipinski definition) is 3. The van der Waals surface area contributed by atoms with Gasteiger partial charge in [-0.1, -0.05) is 76.4 Å². The minimum absolute atomic E-state index is 0.701. The molecule has 0 aliphatic carbocycles. The first-order valence-corrected chi connectivity index (χ1v) is 11.8. The summed E-state index contributed by atoms with van der Waals surface area (Å²) >= 11 is 18.7. The van der Waals surface area contributed by atoms with E-state index >= 15 is 0 Å². The molecule has 0 amide bonds. The lowest BCUT2D eigenvalue weighted by molar-refractivity contribution is 1.04. The number of nitrogens with zero attached hydrogens (tertiary/aromatic N) is 1. The molecule has 0 saturated heterocycles. The van der Waals surface area contributed by atoms with Crippen molar-refractivity contribution in [2.24, 2.45) is 0 Å². The van der Waals surface area contributed by atoms with Crippen LogP contribution < -0.4 is 4.90 Å². The maximum atomic E-state index is 5.93. The number of hydrogen-bond donors (Lipinski definition) is 0. The highest BCUT2D eigenvalue weighted by Crippen LogP contribution is 2.58. The molecule has 2 aromatic carbocycles. The van der Waals surface area contributed by atoms with Gasteiger partial charge in [0, 0.05) is 16.3 Å². The number of halogens is 2. The highest BCUT2D eigenvalue weighted by molar-refractivity contribution is 8.40. The molecule has 108 valence electrons. The maximum absolute atomic E-state index is 5.93. The van der Waals surface area contributed by atoms with Crippen LogP contribution in [0.5, 0.6) is 0 Å². The Morgan fingerprint density at radius 2 is 1.52 bits per heavy atom. The number of benzene rings is 2. The van der Waals surface area contributed by atoms with E-state index in [1.165, 1.54) is 21.2 Å². The van der Waals surface area contributed by atoms with Crippen molar-refractivity contribution in [1.82, 2.24) is 0 Å². The molecule has 0 N–H and O–H groups in total. The number of rotatable bonds is 3. The van der Waals surface area contributed by atoms with Gasteiger partial charge in [-0.3, -0.25) is 0 Å². The highest BCUT2D eigenvalue weighted by atomic mass is 35.9. The molecule has 0 spiro atoms. The van der Waals surface area contributed by atoms with E-state index < -0.39 is 4.74 Å². The number of fused-ring (bicyclic) bond motifs is 2. The third-order valence-corrected chi connectivity index (χ3v) is 5.83.